The van der Waals surface area contributed by atoms with E-state index in [0.717, 1.165) is 24.2 Å². The monoisotopic (exact) mass is 462 g/mol. The van der Waals surface area contributed by atoms with Crippen LogP contribution < -0.4 is 14.2 Å². The summed E-state index contributed by atoms with van der Waals surface area (Å²) in [5, 5.41) is 0. The van der Waals surface area contributed by atoms with Crippen LogP contribution in [0.3, 0.4) is 0 Å². The molecule has 34 heavy (non-hydrogen) atoms. The number of ether oxygens (including phenoxy) is 3. The van der Waals surface area contributed by atoms with Crippen molar-refractivity contribution in [3.8, 4) is 17.2 Å². The van der Waals surface area contributed by atoms with E-state index in [0.29, 0.717) is 48.7 Å². The van der Waals surface area contributed by atoms with Gasteiger partial charge in [0.1, 0.15) is 11.5 Å². The van der Waals surface area contributed by atoms with Crippen LogP contribution in [0.2, 0.25) is 0 Å². The molecule has 1 atom stereocenters. The summed E-state index contributed by atoms with van der Waals surface area (Å²) < 4.78 is 15.7. The molecular formula is C29H34O5. The molecule has 2 aromatic rings. The fourth-order valence-corrected chi connectivity index (χ4v) is 4.48. The molecule has 0 saturated heterocycles. The van der Waals surface area contributed by atoms with Crippen molar-refractivity contribution >= 4 is 11.6 Å². The van der Waals surface area contributed by atoms with Crippen LogP contribution >= 0.6 is 0 Å². The van der Waals surface area contributed by atoms with E-state index in [1.165, 1.54) is 11.1 Å². The summed E-state index contributed by atoms with van der Waals surface area (Å²) in [6.07, 6.45) is 8.13. The molecule has 3 rings (SSSR count). The first-order valence-corrected chi connectivity index (χ1v) is 11.8. The first kappa shape index (κ1) is 25.3. The molecule has 0 aliphatic heterocycles. The lowest BCUT2D eigenvalue weighted by molar-refractivity contribution is -0.118. The fraction of sp³-hybridized carbons (Fsp3) is 0.379. The lowest BCUT2D eigenvalue weighted by Gasteiger charge is -2.18. The maximum Gasteiger partial charge on any atom is 0.163 e. The predicted molar refractivity (Wildman–Crippen MR) is 134 cm³/mol. The van der Waals surface area contributed by atoms with E-state index < -0.39 is 0 Å². The summed E-state index contributed by atoms with van der Waals surface area (Å²) in [4.78, 5) is 25.3. The first-order valence-electron chi connectivity index (χ1n) is 11.8. The number of carbonyl (C=O) groups excluding carboxylic acids is 2. The van der Waals surface area contributed by atoms with Gasteiger partial charge in [-0.2, -0.15) is 0 Å². The Morgan fingerprint density at radius 1 is 0.794 bits per heavy atom. The van der Waals surface area contributed by atoms with E-state index in [9.17, 15) is 9.59 Å². The third-order valence-electron chi connectivity index (χ3n) is 6.41. The second kappa shape index (κ2) is 12.2. The second-order valence-electron chi connectivity index (χ2n) is 8.50. The predicted octanol–water partition coefficient (Wildman–Crippen LogP) is 6.16. The average Bonchev–Trinajstić information content (AvgIpc) is 3.27. The van der Waals surface area contributed by atoms with Gasteiger partial charge >= 0.3 is 0 Å². The van der Waals surface area contributed by atoms with Crippen molar-refractivity contribution in [2.75, 3.05) is 21.3 Å². The van der Waals surface area contributed by atoms with Gasteiger partial charge in [0, 0.05) is 30.7 Å². The molecule has 1 aliphatic rings. The number of benzene rings is 2. The molecule has 0 aromatic heterocycles. The zero-order chi connectivity index (χ0) is 24.5. The fourth-order valence-electron chi connectivity index (χ4n) is 4.48. The van der Waals surface area contributed by atoms with Crippen LogP contribution in [-0.2, 0) is 11.2 Å². The van der Waals surface area contributed by atoms with Crippen LogP contribution in [0, 0.1) is 5.92 Å². The molecule has 1 unspecified atom stereocenters. The summed E-state index contributed by atoms with van der Waals surface area (Å²) in [5.41, 5.74) is 4.19. The number of methoxy groups -OCH3 is 3. The maximum atomic E-state index is 12.8. The SMILES string of the molecule is CCC1C(CCC(=O)Cc2ccc(OC)cc2)=CC=C1CCC(=O)c1ccc(OC)c(OC)c1. The van der Waals surface area contributed by atoms with Crippen molar-refractivity contribution in [1.29, 1.82) is 0 Å². The molecular weight excluding hydrogens is 428 g/mol. The van der Waals surface area contributed by atoms with E-state index in [4.69, 9.17) is 14.2 Å². The summed E-state index contributed by atoms with van der Waals surface area (Å²) in [5.74, 6) is 2.59. The molecule has 0 bridgehead atoms. The molecule has 0 radical (unpaired) electrons. The molecule has 0 spiro atoms. The zero-order valence-corrected chi connectivity index (χ0v) is 20.6. The van der Waals surface area contributed by atoms with Crippen molar-refractivity contribution in [2.45, 2.75) is 45.4 Å². The summed E-state index contributed by atoms with van der Waals surface area (Å²) in [6, 6.07) is 12.9. The van der Waals surface area contributed by atoms with Gasteiger partial charge in [0.05, 0.1) is 21.3 Å². The first-order chi connectivity index (χ1) is 16.5. The summed E-state index contributed by atoms with van der Waals surface area (Å²) in [6.45, 7) is 2.16. The molecule has 5 heteroatoms. The minimum absolute atomic E-state index is 0.0832. The average molecular weight is 463 g/mol. The third kappa shape index (κ3) is 6.37. The zero-order valence-electron chi connectivity index (χ0n) is 20.6. The number of allylic oxidation sites excluding steroid dienone is 4. The normalized spacial score (nSPS) is 14.9. The van der Waals surface area contributed by atoms with Gasteiger partial charge in [-0.25, -0.2) is 0 Å². The highest BCUT2D eigenvalue weighted by Gasteiger charge is 2.23. The minimum atomic E-state index is 0.0832. The maximum absolute atomic E-state index is 12.8. The molecule has 2 aromatic carbocycles. The molecule has 0 saturated carbocycles. The number of rotatable bonds is 13. The number of Topliss-reactive ketones (excluding diaryl/α,β-unsaturated/α-hetero) is 2. The van der Waals surface area contributed by atoms with Gasteiger partial charge in [-0.05, 0) is 55.2 Å². The number of carbonyl (C=O) groups is 2. The Morgan fingerprint density at radius 2 is 1.44 bits per heavy atom. The lowest BCUT2D eigenvalue weighted by Crippen LogP contribution is -2.09. The Kier molecular flexibility index (Phi) is 9.08. The standard InChI is InChI=1S/C29H34O5/c1-5-26-21(10-13-24(30)18-20-6-14-25(32-2)15-7-20)8-9-22(26)11-16-27(31)23-12-17-28(33-3)29(19-23)34-4/h6-9,12,14-15,17,19,26H,5,10-11,13,16,18H2,1-4H3. The van der Waals surface area contributed by atoms with Gasteiger partial charge in [0.15, 0.2) is 17.3 Å². The van der Waals surface area contributed by atoms with Crippen molar-refractivity contribution in [3.05, 3.63) is 76.9 Å². The third-order valence-corrected chi connectivity index (χ3v) is 6.41. The van der Waals surface area contributed by atoms with Crippen LogP contribution in [0.1, 0.15) is 54.9 Å². The summed E-state index contributed by atoms with van der Waals surface area (Å²) >= 11 is 0. The lowest BCUT2D eigenvalue weighted by atomic mass is 9.87. The highest BCUT2D eigenvalue weighted by molar-refractivity contribution is 5.96. The van der Waals surface area contributed by atoms with E-state index in [2.05, 4.69) is 19.1 Å². The van der Waals surface area contributed by atoms with Gasteiger partial charge in [0.2, 0.25) is 0 Å². The molecule has 1 aliphatic carbocycles. The minimum Gasteiger partial charge on any atom is -0.497 e. The van der Waals surface area contributed by atoms with Crippen LogP contribution in [0.15, 0.2) is 65.8 Å². The van der Waals surface area contributed by atoms with Crippen LogP contribution in [0.5, 0.6) is 17.2 Å². The Balaban J connectivity index is 1.49. The van der Waals surface area contributed by atoms with Gasteiger partial charge < -0.3 is 14.2 Å². The van der Waals surface area contributed by atoms with Gasteiger partial charge in [-0.1, -0.05) is 42.4 Å². The molecule has 180 valence electrons. The molecule has 5 nitrogen and oxygen atoms in total. The van der Waals surface area contributed by atoms with Crippen molar-refractivity contribution in [2.24, 2.45) is 5.92 Å². The van der Waals surface area contributed by atoms with Crippen molar-refractivity contribution in [3.63, 3.8) is 0 Å². The Hall–Kier alpha value is -3.34. The largest absolute Gasteiger partial charge is 0.497 e. The number of hydrogen-bond donors (Lipinski definition) is 0. The van der Waals surface area contributed by atoms with Crippen molar-refractivity contribution < 1.29 is 23.8 Å². The van der Waals surface area contributed by atoms with E-state index in [1.54, 1.807) is 39.5 Å². The smallest absolute Gasteiger partial charge is 0.163 e. The van der Waals surface area contributed by atoms with Crippen molar-refractivity contribution in [1.82, 2.24) is 0 Å². The Labute approximate surface area is 202 Å². The van der Waals surface area contributed by atoms with E-state index >= 15 is 0 Å². The van der Waals surface area contributed by atoms with E-state index in [1.807, 2.05) is 24.3 Å². The van der Waals surface area contributed by atoms with Gasteiger partial charge in [-0.15, -0.1) is 0 Å². The second-order valence-corrected chi connectivity index (χ2v) is 8.50. The van der Waals surface area contributed by atoms with Crippen LogP contribution in [-0.4, -0.2) is 32.9 Å². The summed E-state index contributed by atoms with van der Waals surface area (Å²) in [7, 11) is 4.78. The molecule has 0 heterocycles. The van der Waals surface area contributed by atoms with E-state index in [-0.39, 0.29) is 11.6 Å². The van der Waals surface area contributed by atoms with Crippen LogP contribution in [0.4, 0.5) is 0 Å². The Bertz CT molecular complexity index is 1060. The van der Waals surface area contributed by atoms with Gasteiger partial charge in [-0.3, -0.25) is 9.59 Å². The molecule has 0 amide bonds. The quantitative estimate of drug-likeness (QED) is 0.334. The van der Waals surface area contributed by atoms with Gasteiger partial charge in [0.25, 0.3) is 0 Å². The number of ketones is 2. The Morgan fingerprint density at radius 3 is 2.03 bits per heavy atom. The highest BCUT2D eigenvalue weighted by Crippen LogP contribution is 2.36. The molecule has 0 N–H and O–H groups in total. The van der Waals surface area contributed by atoms with Crippen LogP contribution in [0.25, 0.3) is 0 Å². The number of hydrogen-bond acceptors (Lipinski definition) is 5. The highest BCUT2D eigenvalue weighted by atomic mass is 16.5. The topological polar surface area (TPSA) is 61.8 Å². The molecule has 0 fully saturated rings.